The highest BCUT2D eigenvalue weighted by Gasteiger charge is 2.22. The van der Waals surface area contributed by atoms with E-state index in [9.17, 15) is 19.8 Å². The van der Waals surface area contributed by atoms with Crippen LogP contribution in [0, 0.1) is 0 Å². The zero-order chi connectivity index (χ0) is 15.8. The van der Waals surface area contributed by atoms with Crippen LogP contribution in [-0.4, -0.2) is 29.1 Å². The number of hydrogen-bond donors (Lipinski definition) is 2. The highest BCUT2D eigenvalue weighted by Crippen LogP contribution is 2.29. The van der Waals surface area contributed by atoms with Crippen LogP contribution < -0.4 is 0 Å². The first kappa shape index (κ1) is 17.0. The molecule has 1 aromatic carbocycles. The van der Waals surface area contributed by atoms with Crippen molar-refractivity contribution in [1.29, 1.82) is 0 Å². The second-order valence-electron chi connectivity index (χ2n) is 4.97. The van der Waals surface area contributed by atoms with E-state index in [1.807, 2.05) is 0 Å². The number of ether oxygens (including phenoxy) is 1. The summed E-state index contributed by atoms with van der Waals surface area (Å²) in [6.07, 6.45) is 5.22. The zero-order valence-corrected chi connectivity index (χ0v) is 12.5. The molecule has 5 heteroatoms. The molecule has 116 valence electrons. The van der Waals surface area contributed by atoms with Gasteiger partial charge in [0.1, 0.15) is 11.5 Å². The quantitative estimate of drug-likeness (QED) is 0.436. The molecule has 0 amide bonds. The lowest BCUT2D eigenvalue weighted by Gasteiger charge is -2.10. The molecule has 0 bridgehead atoms. The van der Waals surface area contributed by atoms with Crippen molar-refractivity contribution in [2.75, 3.05) is 7.11 Å². The van der Waals surface area contributed by atoms with Crippen molar-refractivity contribution in [3.05, 3.63) is 23.3 Å². The number of Topliss-reactive ketones (excluding diaryl/α,β-unsaturated/α-hetero) is 1. The largest absolute Gasteiger partial charge is 0.508 e. The number of aromatic hydroxyl groups is 2. The third-order valence-corrected chi connectivity index (χ3v) is 3.29. The topological polar surface area (TPSA) is 83.8 Å². The summed E-state index contributed by atoms with van der Waals surface area (Å²) in [4.78, 5) is 23.9. The van der Waals surface area contributed by atoms with Crippen molar-refractivity contribution in [3.8, 4) is 11.5 Å². The summed E-state index contributed by atoms with van der Waals surface area (Å²) in [7, 11) is 1.18. The van der Waals surface area contributed by atoms with Crippen LogP contribution in [0.25, 0.3) is 0 Å². The predicted molar refractivity (Wildman–Crippen MR) is 78.8 cm³/mol. The van der Waals surface area contributed by atoms with Crippen molar-refractivity contribution in [1.82, 2.24) is 0 Å². The fourth-order valence-electron chi connectivity index (χ4n) is 2.19. The standard InChI is InChI=1S/C16H22O5/c1-3-4-5-6-7-8-13(18)15-12(16(20)21-2)9-11(17)10-14(15)19/h9-10,17,19H,3-8H2,1-2H3. The van der Waals surface area contributed by atoms with Gasteiger partial charge in [-0.2, -0.15) is 0 Å². The monoisotopic (exact) mass is 294 g/mol. The zero-order valence-electron chi connectivity index (χ0n) is 12.5. The van der Waals surface area contributed by atoms with Crippen LogP contribution in [0.5, 0.6) is 11.5 Å². The lowest BCUT2D eigenvalue weighted by molar-refractivity contribution is 0.0595. The molecule has 0 saturated carbocycles. The van der Waals surface area contributed by atoms with Crippen LogP contribution in [0.3, 0.4) is 0 Å². The summed E-state index contributed by atoms with van der Waals surface area (Å²) < 4.78 is 4.58. The number of benzene rings is 1. The molecule has 1 aromatic rings. The number of carbonyl (C=O) groups is 2. The van der Waals surface area contributed by atoms with Crippen molar-refractivity contribution < 1.29 is 24.5 Å². The first-order valence-corrected chi connectivity index (χ1v) is 7.18. The maximum atomic E-state index is 12.2. The van der Waals surface area contributed by atoms with Gasteiger partial charge in [-0.3, -0.25) is 4.79 Å². The van der Waals surface area contributed by atoms with Crippen molar-refractivity contribution in [2.45, 2.75) is 45.4 Å². The van der Waals surface area contributed by atoms with Crippen LogP contribution in [0.4, 0.5) is 0 Å². The van der Waals surface area contributed by atoms with Gasteiger partial charge in [0.25, 0.3) is 0 Å². The van der Waals surface area contributed by atoms with Crippen molar-refractivity contribution in [3.63, 3.8) is 0 Å². The van der Waals surface area contributed by atoms with Gasteiger partial charge in [-0.25, -0.2) is 4.79 Å². The minimum absolute atomic E-state index is 0.0739. The molecule has 0 aromatic heterocycles. The van der Waals surface area contributed by atoms with E-state index in [0.717, 1.165) is 37.8 Å². The van der Waals surface area contributed by atoms with E-state index in [-0.39, 0.29) is 29.1 Å². The van der Waals surface area contributed by atoms with Gasteiger partial charge in [-0.1, -0.05) is 32.6 Å². The molecular formula is C16H22O5. The molecule has 0 fully saturated rings. The van der Waals surface area contributed by atoms with Gasteiger partial charge in [0.2, 0.25) is 0 Å². The second kappa shape index (κ2) is 8.29. The molecule has 0 radical (unpaired) electrons. The highest BCUT2D eigenvalue weighted by molar-refractivity contribution is 6.08. The van der Waals surface area contributed by atoms with E-state index in [4.69, 9.17) is 0 Å². The number of methoxy groups -OCH3 is 1. The third-order valence-electron chi connectivity index (χ3n) is 3.29. The average molecular weight is 294 g/mol. The van der Waals surface area contributed by atoms with Crippen LogP contribution in [0.2, 0.25) is 0 Å². The molecule has 0 spiro atoms. The lowest BCUT2D eigenvalue weighted by Crippen LogP contribution is -2.11. The Bertz CT molecular complexity index is 508. The molecular weight excluding hydrogens is 272 g/mol. The number of carbonyl (C=O) groups excluding carboxylic acids is 2. The average Bonchev–Trinajstić information content (AvgIpc) is 2.45. The molecule has 0 aliphatic carbocycles. The minimum Gasteiger partial charge on any atom is -0.508 e. The Kier molecular flexibility index (Phi) is 6.72. The summed E-state index contributed by atoms with van der Waals surface area (Å²) in [5.74, 6) is -1.75. The molecule has 5 nitrogen and oxygen atoms in total. The van der Waals surface area contributed by atoms with E-state index in [1.165, 1.54) is 7.11 Å². The first-order chi connectivity index (χ1) is 10.0. The van der Waals surface area contributed by atoms with Crippen LogP contribution in [-0.2, 0) is 4.74 Å². The fraction of sp³-hybridized carbons (Fsp3) is 0.500. The maximum absolute atomic E-state index is 12.2. The Morgan fingerprint density at radius 2 is 1.76 bits per heavy atom. The normalized spacial score (nSPS) is 10.4. The van der Waals surface area contributed by atoms with Crippen molar-refractivity contribution >= 4 is 11.8 Å². The van der Waals surface area contributed by atoms with E-state index in [0.29, 0.717) is 6.42 Å². The molecule has 0 saturated heterocycles. The SMILES string of the molecule is CCCCCCCC(=O)c1c(O)cc(O)cc1C(=O)OC. The molecule has 0 aliphatic rings. The summed E-state index contributed by atoms with van der Waals surface area (Å²) >= 11 is 0. The number of esters is 1. The summed E-state index contributed by atoms with van der Waals surface area (Å²) in [6, 6.07) is 2.19. The molecule has 0 atom stereocenters. The molecule has 2 N–H and O–H groups in total. The lowest BCUT2D eigenvalue weighted by atomic mass is 9.97. The smallest absolute Gasteiger partial charge is 0.338 e. The Hall–Kier alpha value is -2.04. The minimum atomic E-state index is -0.754. The van der Waals surface area contributed by atoms with Gasteiger partial charge in [0, 0.05) is 12.5 Å². The number of unbranched alkanes of at least 4 members (excludes halogenated alkanes) is 4. The summed E-state index contributed by atoms with van der Waals surface area (Å²) in [5.41, 5.74) is -0.177. The number of rotatable bonds is 8. The molecule has 0 aliphatic heterocycles. The van der Waals surface area contributed by atoms with Crippen LogP contribution in [0.15, 0.2) is 12.1 Å². The van der Waals surface area contributed by atoms with E-state index in [1.54, 1.807) is 0 Å². The maximum Gasteiger partial charge on any atom is 0.338 e. The number of phenolic OH excluding ortho intramolecular Hbond substituents is 2. The Morgan fingerprint density at radius 3 is 2.38 bits per heavy atom. The number of ketones is 1. The third kappa shape index (κ3) is 4.77. The molecule has 0 unspecified atom stereocenters. The van der Waals surface area contributed by atoms with Crippen LogP contribution in [0.1, 0.15) is 66.2 Å². The van der Waals surface area contributed by atoms with E-state index < -0.39 is 11.7 Å². The Labute approximate surface area is 124 Å². The van der Waals surface area contributed by atoms with Gasteiger partial charge in [0.05, 0.1) is 18.2 Å². The molecule has 21 heavy (non-hydrogen) atoms. The van der Waals surface area contributed by atoms with E-state index in [2.05, 4.69) is 11.7 Å². The predicted octanol–water partition coefficient (Wildman–Crippen LogP) is 3.43. The fourth-order valence-corrected chi connectivity index (χ4v) is 2.19. The van der Waals surface area contributed by atoms with Gasteiger partial charge >= 0.3 is 5.97 Å². The number of hydrogen-bond acceptors (Lipinski definition) is 5. The first-order valence-electron chi connectivity index (χ1n) is 7.18. The second-order valence-corrected chi connectivity index (χ2v) is 4.97. The summed E-state index contributed by atoms with van der Waals surface area (Å²) in [6.45, 7) is 2.11. The van der Waals surface area contributed by atoms with Gasteiger partial charge in [-0.05, 0) is 12.5 Å². The van der Waals surface area contributed by atoms with E-state index >= 15 is 0 Å². The molecule has 1 rings (SSSR count). The van der Waals surface area contributed by atoms with Gasteiger partial charge in [0.15, 0.2) is 5.78 Å². The van der Waals surface area contributed by atoms with Gasteiger partial charge in [-0.15, -0.1) is 0 Å². The van der Waals surface area contributed by atoms with Crippen molar-refractivity contribution in [2.24, 2.45) is 0 Å². The van der Waals surface area contributed by atoms with Gasteiger partial charge < -0.3 is 14.9 Å². The number of phenols is 2. The summed E-state index contributed by atoms with van der Waals surface area (Å²) in [5, 5.41) is 19.3. The highest BCUT2D eigenvalue weighted by atomic mass is 16.5. The Morgan fingerprint density at radius 1 is 1.10 bits per heavy atom. The van der Waals surface area contributed by atoms with Crippen LogP contribution >= 0.6 is 0 Å². The Balaban J connectivity index is 2.85. The molecule has 0 heterocycles.